The first-order chi connectivity index (χ1) is 12.7. The first-order valence-electron chi connectivity index (χ1n) is 9.00. The number of hydrogen-bond donors (Lipinski definition) is 1. The number of nitrogens with zero attached hydrogens (tertiary/aromatic N) is 1. The molecule has 5 heteroatoms. The summed E-state index contributed by atoms with van der Waals surface area (Å²) in [5, 5.41) is 3.44. The highest BCUT2D eigenvalue weighted by Gasteiger charge is 2.30. The van der Waals surface area contributed by atoms with Crippen LogP contribution < -0.4 is 19.5 Å². The predicted molar refractivity (Wildman–Crippen MR) is 104 cm³/mol. The van der Waals surface area contributed by atoms with E-state index in [1.54, 1.807) is 21.3 Å². The summed E-state index contributed by atoms with van der Waals surface area (Å²) in [7, 11) is 4.98. The zero-order chi connectivity index (χ0) is 18.5. The molecule has 0 bridgehead atoms. The lowest BCUT2D eigenvalue weighted by Gasteiger charge is -2.37. The van der Waals surface area contributed by atoms with Crippen molar-refractivity contribution in [3.63, 3.8) is 0 Å². The number of methoxy groups -OCH3 is 3. The van der Waals surface area contributed by atoms with E-state index < -0.39 is 0 Å². The molecule has 1 saturated heterocycles. The summed E-state index contributed by atoms with van der Waals surface area (Å²) in [4.78, 5) is 2.50. The van der Waals surface area contributed by atoms with Crippen LogP contribution in [0.2, 0.25) is 0 Å². The van der Waals surface area contributed by atoms with Gasteiger partial charge in [0.05, 0.1) is 27.4 Å². The van der Waals surface area contributed by atoms with Gasteiger partial charge in [0, 0.05) is 31.7 Å². The van der Waals surface area contributed by atoms with Gasteiger partial charge in [-0.05, 0) is 30.2 Å². The van der Waals surface area contributed by atoms with Crippen LogP contribution in [0.25, 0.3) is 0 Å². The number of piperazine rings is 1. The molecule has 2 aromatic carbocycles. The third-order valence-electron chi connectivity index (χ3n) is 5.03. The molecule has 1 N–H and O–H groups in total. The average Bonchev–Trinajstić information content (AvgIpc) is 2.69. The van der Waals surface area contributed by atoms with Crippen LogP contribution in [0.1, 0.15) is 22.7 Å². The highest BCUT2D eigenvalue weighted by atomic mass is 16.5. The maximum absolute atomic E-state index is 5.80. The van der Waals surface area contributed by atoms with Gasteiger partial charge in [-0.25, -0.2) is 0 Å². The first-order valence-corrected chi connectivity index (χ1v) is 9.00. The third-order valence-corrected chi connectivity index (χ3v) is 5.03. The number of hydrogen-bond acceptors (Lipinski definition) is 5. The molecule has 1 atom stereocenters. The quantitative estimate of drug-likeness (QED) is 0.862. The van der Waals surface area contributed by atoms with Crippen molar-refractivity contribution in [1.29, 1.82) is 0 Å². The van der Waals surface area contributed by atoms with Gasteiger partial charge in [0.15, 0.2) is 11.5 Å². The first kappa shape index (κ1) is 18.5. The number of ether oxygens (including phenoxy) is 3. The molecule has 1 aliphatic rings. The second-order valence-electron chi connectivity index (χ2n) is 6.47. The third kappa shape index (κ3) is 3.50. The van der Waals surface area contributed by atoms with Gasteiger partial charge < -0.3 is 19.5 Å². The van der Waals surface area contributed by atoms with Crippen LogP contribution in [0.4, 0.5) is 0 Å². The Morgan fingerprint density at radius 1 is 0.846 bits per heavy atom. The minimum atomic E-state index is 0.105. The largest absolute Gasteiger partial charge is 0.493 e. The SMILES string of the molecule is COc1ccc(C(c2ccccc2C)N2CCNCC2)c(OC)c1OC. The van der Waals surface area contributed by atoms with E-state index in [1.807, 2.05) is 6.07 Å². The van der Waals surface area contributed by atoms with E-state index in [9.17, 15) is 0 Å². The van der Waals surface area contributed by atoms with Gasteiger partial charge in [-0.15, -0.1) is 0 Å². The Bertz CT molecular complexity index is 742. The number of nitrogens with one attached hydrogen (secondary N) is 1. The van der Waals surface area contributed by atoms with Crippen LogP contribution in [0.5, 0.6) is 17.2 Å². The molecule has 1 unspecified atom stereocenters. The Kier molecular flexibility index (Phi) is 6.01. The zero-order valence-corrected chi connectivity index (χ0v) is 16.0. The number of aryl methyl sites for hydroxylation is 1. The molecule has 1 heterocycles. The maximum Gasteiger partial charge on any atom is 0.203 e. The molecule has 5 nitrogen and oxygen atoms in total. The lowest BCUT2D eigenvalue weighted by molar-refractivity contribution is 0.194. The molecule has 0 amide bonds. The Morgan fingerprint density at radius 3 is 2.15 bits per heavy atom. The van der Waals surface area contributed by atoms with Gasteiger partial charge >= 0.3 is 0 Å². The highest BCUT2D eigenvalue weighted by molar-refractivity contribution is 5.58. The van der Waals surface area contributed by atoms with Crippen LogP contribution in [-0.4, -0.2) is 52.4 Å². The minimum absolute atomic E-state index is 0.105. The van der Waals surface area contributed by atoms with Crippen molar-refractivity contribution in [1.82, 2.24) is 10.2 Å². The normalized spacial score (nSPS) is 16.2. The molecule has 0 radical (unpaired) electrons. The maximum atomic E-state index is 5.80. The molecule has 3 rings (SSSR count). The van der Waals surface area contributed by atoms with Crippen molar-refractivity contribution < 1.29 is 14.2 Å². The summed E-state index contributed by atoms with van der Waals surface area (Å²) < 4.78 is 16.9. The fourth-order valence-electron chi connectivity index (χ4n) is 3.73. The van der Waals surface area contributed by atoms with E-state index in [4.69, 9.17) is 14.2 Å². The van der Waals surface area contributed by atoms with E-state index in [0.717, 1.165) is 37.5 Å². The molecule has 1 aliphatic heterocycles. The van der Waals surface area contributed by atoms with E-state index in [1.165, 1.54) is 11.1 Å². The summed E-state index contributed by atoms with van der Waals surface area (Å²) in [6.07, 6.45) is 0. The highest BCUT2D eigenvalue weighted by Crippen LogP contribution is 2.45. The van der Waals surface area contributed by atoms with E-state index in [-0.39, 0.29) is 6.04 Å². The van der Waals surface area contributed by atoms with Gasteiger partial charge in [-0.3, -0.25) is 4.90 Å². The lowest BCUT2D eigenvalue weighted by Crippen LogP contribution is -2.45. The van der Waals surface area contributed by atoms with Crippen LogP contribution in [0.3, 0.4) is 0 Å². The summed E-state index contributed by atoms with van der Waals surface area (Å²) >= 11 is 0. The summed E-state index contributed by atoms with van der Waals surface area (Å²) in [5.74, 6) is 2.05. The molecule has 0 saturated carbocycles. The van der Waals surface area contributed by atoms with Crippen molar-refractivity contribution in [3.8, 4) is 17.2 Å². The van der Waals surface area contributed by atoms with Crippen LogP contribution >= 0.6 is 0 Å². The van der Waals surface area contributed by atoms with E-state index >= 15 is 0 Å². The molecular weight excluding hydrogens is 328 g/mol. The van der Waals surface area contributed by atoms with Gasteiger partial charge in [-0.2, -0.15) is 0 Å². The Labute approximate surface area is 155 Å². The molecule has 1 fully saturated rings. The molecule has 26 heavy (non-hydrogen) atoms. The van der Waals surface area contributed by atoms with E-state index in [2.05, 4.69) is 47.5 Å². The average molecular weight is 356 g/mol. The van der Waals surface area contributed by atoms with Crippen molar-refractivity contribution in [3.05, 3.63) is 53.1 Å². The van der Waals surface area contributed by atoms with Crippen LogP contribution in [0, 0.1) is 6.92 Å². The Hall–Kier alpha value is -2.24. The zero-order valence-electron chi connectivity index (χ0n) is 16.0. The van der Waals surface area contributed by atoms with Crippen molar-refractivity contribution in [2.75, 3.05) is 47.5 Å². The lowest BCUT2D eigenvalue weighted by atomic mass is 9.92. The fraction of sp³-hybridized carbons (Fsp3) is 0.429. The van der Waals surface area contributed by atoms with Crippen molar-refractivity contribution >= 4 is 0 Å². The number of rotatable bonds is 6. The minimum Gasteiger partial charge on any atom is -0.493 e. The number of benzene rings is 2. The monoisotopic (exact) mass is 356 g/mol. The molecule has 140 valence electrons. The van der Waals surface area contributed by atoms with Gasteiger partial charge in [-0.1, -0.05) is 24.3 Å². The molecular formula is C21H28N2O3. The summed E-state index contributed by atoms with van der Waals surface area (Å²) in [6.45, 7) is 6.10. The van der Waals surface area contributed by atoms with Crippen LogP contribution in [0.15, 0.2) is 36.4 Å². The van der Waals surface area contributed by atoms with Gasteiger partial charge in [0.25, 0.3) is 0 Å². The van der Waals surface area contributed by atoms with Gasteiger partial charge in [0.2, 0.25) is 5.75 Å². The topological polar surface area (TPSA) is 43.0 Å². The Balaban J connectivity index is 2.17. The summed E-state index contributed by atoms with van der Waals surface area (Å²) in [5.41, 5.74) is 3.66. The van der Waals surface area contributed by atoms with E-state index in [0.29, 0.717) is 11.5 Å². The Morgan fingerprint density at radius 2 is 1.54 bits per heavy atom. The second kappa shape index (κ2) is 8.43. The summed E-state index contributed by atoms with van der Waals surface area (Å²) in [6, 6.07) is 12.7. The molecule has 0 aromatic heterocycles. The van der Waals surface area contributed by atoms with Crippen molar-refractivity contribution in [2.45, 2.75) is 13.0 Å². The predicted octanol–water partition coefficient (Wildman–Crippen LogP) is 3.02. The molecule has 0 aliphatic carbocycles. The second-order valence-corrected chi connectivity index (χ2v) is 6.47. The smallest absolute Gasteiger partial charge is 0.203 e. The fourth-order valence-corrected chi connectivity index (χ4v) is 3.73. The molecule has 2 aromatic rings. The van der Waals surface area contributed by atoms with Gasteiger partial charge in [0.1, 0.15) is 0 Å². The van der Waals surface area contributed by atoms with Crippen molar-refractivity contribution in [2.24, 2.45) is 0 Å². The standard InChI is InChI=1S/C21H28N2O3/c1-15-7-5-6-8-16(15)19(23-13-11-22-12-14-23)17-9-10-18(24-2)21(26-4)20(17)25-3/h5-10,19,22H,11-14H2,1-4H3. The molecule has 0 spiro atoms. The van der Waals surface area contributed by atoms with Crippen LogP contribution in [-0.2, 0) is 0 Å².